The minimum Gasteiger partial charge on any atom is -0.494 e. The molecule has 0 unspecified atom stereocenters. The SMILES string of the molecule is C[Si](C)(C)C/C=C\CCCCOc1ccccc1. The second-order valence-electron chi connectivity index (χ2n) is 5.89. The first-order valence-electron chi connectivity index (χ1n) is 6.91. The first-order valence-corrected chi connectivity index (χ1v) is 10.6. The predicted octanol–water partition coefficient (Wildman–Crippen LogP) is 5.13. The van der Waals surface area contributed by atoms with Crippen molar-refractivity contribution in [3.8, 4) is 5.75 Å². The largest absolute Gasteiger partial charge is 0.494 e. The monoisotopic (exact) mass is 262 g/mol. The van der Waals surface area contributed by atoms with Crippen molar-refractivity contribution in [3.63, 3.8) is 0 Å². The van der Waals surface area contributed by atoms with Crippen LogP contribution in [0.2, 0.25) is 25.7 Å². The van der Waals surface area contributed by atoms with E-state index in [0.717, 1.165) is 18.8 Å². The molecule has 0 aliphatic carbocycles. The third-order valence-corrected chi connectivity index (χ3v) is 4.13. The molecule has 0 N–H and O–H groups in total. The Labute approximate surface area is 113 Å². The maximum Gasteiger partial charge on any atom is 0.119 e. The van der Waals surface area contributed by atoms with Crippen molar-refractivity contribution in [2.75, 3.05) is 6.61 Å². The minimum atomic E-state index is -0.888. The van der Waals surface area contributed by atoms with Crippen LogP contribution in [0.1, 0.15) is 19.3 Å². The molecule has 0 radical (unpaired) electrons. The standard InChI is InChI=1S/C16H26OSi/c1-18(2,3)15-11-6-4-5-10-14-17-16-12-8-7-9-13-16/h6-9,11-13H,4-5,10,14-15H2,1-3H3/b11-6-. The zero-order valence-corrected chi connectivity index (χ0v) is 13.0. The summed E-state index contributed by atoms with van der Waals surface area (Å²) >= 11 is 0. The normalized spacial score (nSPS) is 11.9. The Morgan fingerprint density at radius 2 is 1.72 bits per heavy atom. The molecule has 18 heavy (non-hydrogen) atoms. The zero-order valence-electron chi connectivity index (χ0n) is 12.0. The summed E-state index contributed by atoms with van der Waals surface area (Å²) in [6.45, 7) is 8.05. The lowest BCUT2D eigenvalue weighted by Gasteiger charge is -2.11. The lowest BCUT2D eigenvalue weighted by Crippen LogP contribution is -2.17. The van der Waals surface area contributed by atoms with Crippen molar-refractivity contribution in [2.24, 2.45) is 0 Å². The van der Waals surface area contributed by atoms with E-state index in [9.17, 15) is 0 Å². The summed E-state index contributed by atoms with van der Waals surface area (Å²) in [4.78, 5) is 0. The van der Waals surface area contributed by atoms with Crippen LogP contribution in [-0.4, -0.2) is 14.7 Å². The molecular formula is C16H26OSi. The molecule has 1 rings (SSSR count). The summed E-state index contributed by atoms with van der Waals surface area (Å²) in [5, 5.41) is 0. The summed E-state index contributed by atoms with van der Waals surface area (Å²) in [7, 11) is -0.888. The van der Waals surface area contributed by atoms with Gasteiger partial charge in [0.05, 0.1) is 6.61 Å². The molecule has 0 aliphatic heterocycles. The number of hydrogen-bond acceptors (Lipinski definition) is 1. The van der Waals surface area contributed by atoms with Gasteiger partial charge in [0.15, 0.2) is 0 Å². The molecule has 0 fully saturated rings. The number of ether oxygens (including phenoxy) is 1. The van der Waals surface area contributed by atoms with Gasteiger partial charge in [0.25, 0.3) is 0 Å². The van der Waals surface area contributed by atoms with E-state index >= 15 is 0 Å². The summed E-state index contributed by atoms with van der Waals surface area (Å²) < 4.78 is 5.65. The highest BCUT2D eigenvalue weighted by Crippen LogP contribution is 2.11. The smallest absolute Gasteiger partial charge is 0.119 e. The molecule has 0 aliphatic rings. The van der Waals surface area contributed by atoms with E-state index in [4.69, 9.17) is 4.74 Å². The van der Waals surface area contributed by atoms with Crippen LogP contribution in [-0.2, 0) is 0 Å². The van der Waals surface area contributed by atoms with Crippen LogP contribution in [0, 0.1) is 0 Å². The van der Waals surface area contributed by atoms with Crippen LogP contribution in [0.25, 0.3) is 0 Å². The summed E-state index contributed by atoms with van der Waals surface area (Å²) in [6.07, 6.45) is 8.23. The fraction of sp³-hybridized carbons (Fsp3) is 0.500. The molecule has 0 aromatic heterocycles. The number of benzene rings is 1. The first kappa shape index (κ1) is 15.0. The van der Waals surface area contributed by atoms with Crippen LogP contribution >= 0.6 is 0 Å². The molecule has 100 valence electrons. The van der Waals surface area contributed by atoms with Gasteiger partial charge in [-0.05, 0) is 37.4 Å². The number of para-hydroxylation sites is 1. The molecule has 0 saturated carbocycles. The van der Waals surface area contributed by atoms with Crippen molar-refractivity contribution in [2.45, 2.75) is 44.9 Å². The summed E-state index contributed by atoms with van der Waals surface area (Å²) in [5.41, 5.74) is 0. The second-order valence-corrected chi connectivity index (χ2v) is 11.4. The fourth-order valence-electron chi connectivity index (χ4n) is 1.63. The molecule has 1 nitrogen and oxygen atoms in total. The van der Waals surface area contributed by atoms with Gasteiger partial charge < -0.3 is 4.74 Å². The van der Waals surface area contributed by atoms with Gasteiger partial charge in [-0.25, -0.2) is 0 Å². The third kappa shape index (κ3) is 8.12. The quantitative estimate of drug-likeness (QED) is 0.358. The molecule has 2 heteroatoms. The number of hydrogen-bond donors (Lipinski definition) is 0. The van der Waals surface area contributed by atoms with Gasteiger partial charge in [-0.3, -0.25) is 0 Å². The maximum atomic E-state index is 5.65. The summed E-state index contributed by atoms with van der Waals surface area (Å²) in [6, 6.07) is 11.3. The van der Waals surface area contributed by atoms with E-state index in [2.05, 4.69) is 31.8 Å². The topological polar surface area (TPSA) is 9.23 Å². The molecule has 0 heterocycles. The Bertz CT molecular complexity index is 338. The van der Waals surface area contributed by atoms with Gasteiger partial charge in [-0.15, -0.1) is 0 Å². The van der Waals surface area contributed by atoms with E-state index in [-0.39, 0.29) is 0 Å². The molecule has 0 amide bonds. The molecule has 0 saturated heterocycles. The van der Waals surface area contributed by atoms with Gasteiger partial charge in [-0.1, -0.05) is 50.0 Å². The van der Waals surface area contributed by atoms with Crippen molar-refractivity contribution in [3.05, 3.63) is 42.5 Å². The van der Waals surface area contributed by atoms with Crippen molar-refractivity contribution in [1.82, 2.24) is 0 Å². The zero-order chi connectivity index (χ0) is 13.3. The van der Waals surface area contributed by atoms with Crippen molar-refractivity contribution < 1.29 is 4.74 Å². The molecule has 1 aromatic carbocycles. The van der Waals surface area contributed by atoms with Crippen LogP contribution in [0.4, 0.5) is 0 Å². The van der Waals surface area contributed by atoms with Gasteiger partial charge in [0.2, 0.25) is 0 Å². The highest BCUT2D eigenvalue weighted by atomic mass is 28.3. The minimum absolute atomic E-state index is 0.825. The van der Waals surface area contributed by atoms with E-state index in [1.54, 1.807) is 0 Å². The Kier molecular flexibility index (Phi) is 6.80. The molecular weight excluding hydrogens is 236 g/mol. The molecule has 0 bridgehead atoms. The average Bonchev–Trinajstić information content (AvgIpc) is 2.32. The Hall–Kier alpha value is -1.02. The Morgan fingerprint density at radius 3 is 2.39 bits per heavy atom. The van der Waals surface area contributed by atoms with E-state index in [0.29, 0.717) is 0 Å². The van der Waals surface area contributed by atoms with Gasteiger partial charge >= 0.3 is 0 Å². The average molecular weight is 262 g/mol. The third-order valence-electron chi connectivity index (χ3n) is 2.67. The lowest BCUT2D eigenvalue weighted by atomic mass is 10.2. The van der Waals surface area contributed by atoms with Crippen molar-refractivity contribution >= 4 is 8.07 Å². The van der Waals surface area contributed by atoms with Gasteiger partial charge in [-0.2, -0.15) is 0 Å². The van der Waals surface area contributed by atoms with E-state index < -0.39 is 8.07 Å². The van der Waals surface area contributed by atoms with Crippen LogP contribution < -0.4 is 4.74 Å². The Balaban J connectivity index is 1.99. The fourth-order valence-corrected chi connectivity index (χ4v) is 2.50. The lowest BCUT2D eigenvalue weighted by molar-refractivity contribution is 0.307. The number of rotatable bonds is 8. The van der Waals surface area contributed by atoms with Crippen LogP contribution in [0.3, 0.4) is 0 Å². The molecule has 0 atom stereocenters. The molecule has 0 spiro atoms. The predicted molar refractivity (Wildman–Crippen MR) is 83.1 cm³/mol. The highest BCUT2D eigenvalue weighted by Gasteiger charge is 2.08. The highest BCUT2D eigenvalue weighted by molar-refractivity contribution is 6.76. The van der Waals surface area contributed by atoms with Gasteiger partial charge in [0, 0.05) is 8.07 Å². The van der Waals surface area contributed by atoms with E-state index in [1.165, 1.54) is 18.9 Å². The first-order chi connectivity index (χ1) is 8.58. The maximum absolute atomic E-state index is 5.65. The summed E-state index contributed by atoms with van der Waals surface area (Å²) in [5.74, 6) is 0.978. The Morgan fingerprint density at radius 1 is 1.00 bits per heavy atom. The number of unbranched alkanes of at least 4 members (excludes halogenated alkanes) is 2. The number of allylic oxidation sites excluding steroid dienone is 2. The van der Waals surface area contributed by atoms with Gasteiger partial charge in [0.1, 0.15) is 5.75 Å². The van der Waals surface area contributed by atoms with E-state index in [1.807, 2.05) is 30.3 Å². The van der Waals surface area contributed by atoms with Crippen LogP contribution in [0.5, 0.6) is 5.75 Å². The molecule has 1 aromatic rings. The van der Waals surface area contributed by atoms with Crippen molar-refractivity contribution in [1.29, 1.82) is 0 Å². The van der Waals surface area contributed by atoms with Crippen LogP contribution in [0.15, 0.2) is 42.5 Å². The second kappa shape index (κ2) is 8.14.